The van der Waals surface area contributed by atoms with Gasteiger partial charge >= 0.3 is 12.0 Å². The monoisotopic (exact) mass is 349 g/mol. The van der Waals surface area contributed by atoms with Crippen molar-refractivity contribution in [2.45, 2.75) is 31.2 Å². The fourth-order valence-electron chi connectivity index (χ4n) is 2.05. The lowest BCUT2D eigenvalue weighted by atomic mass is 10.1. The standard InChI is InChI=1S/C16H16F5NO2/c1-10(23)14(22-16(20,21)15(18,19)9-17)24-13-8-4-6-11-5-2-3-7-12(11)13/h2-8,10,14,22-23H,9H2,1H3. The molecule has 0 aromatic heterocycles. The number of aliphatic hydroxyl groups excluding tert-OH is 1. The van der Waals surface area contributed by atoms with Gasteiger partial charge < -0.3 is 9.84 Å². The maximum Gasteiger partial charge on any atom is 0.370 e. The third-order valence-corrected chi connectivity index (χ3v) is 3.39. The Balaban J connectivity index is 2.29. The van der Waals surface area contributed by atoms with Crippen molar-refractivity contribution in [2.75, 3.05) is 6.67 Å². The van der Waals surface area contributed by atoms with E-state index >= 15 is 0 Å². The van der Waals surface area contributed by atoms with E-state index in [4.69, 9.17) is 4.74 Å². The van der Waals surface area contributed by atoms with E-state index in [1.165, 1.54) is 11.4 Å². The second-order valence-electron chi connectivity index (χ2n) is 5.31. The van der Waals surface area contributed by atoms with Gasteiger partial charge in [-0.25, -0.2) is 9.71 Å². The van der Waals surface area contributed by atoms with Crippen LogP contribution in [0.5, 0.6) is 5.75 Å². The Labute approximate surface area is 135 Å². The van der Waals surface area contributed by atoms with Gasteiger partial charge in [0.1, 0.15) is 11.9 Å². The predicted molar refractivity (Wildman–Crippen MR) is 79.0 cm³/mol. The van der Waals surface area contributed by atoms with Gasteiger partial charge in [0.15, 0.2) is 12.9 Å². The smallest absolute Gasteiger partial charge is 0.370 e. The highest BCUT2D eigenvalue weighted by Gasteiger charge is 2.58. The lowest BCUT2D eigenvalue weighted by Gasteiger charge is -2.31. The largest absolute Gasteiger partial charge is 0.472 e. The Morgan fingerprint density at radius 2 is 1.71 bits per heavy atom. The third kappa shape index (κ3) is 3.76. The summed E-state index contributed by atoms with van der Waals surface area (Å²) in [6, 6.07) is 6.73. The summed E-state index contributed by atoms with van der Waals surface area (Å²) in [6.07, 6.45) is -3.44. The van der Waals surface area contributed by atoms with Gasteiger partial charge in [0.25, 0.3) is 0 Å². The van der Waals surface area contributed by atoms with Crippen LogP contribution in [0.3, 0.4) is 0 Å². The van der Waals surface area contributed by atoms with E-state index in [1.807, 2.05) is 0 Å². The molecular formula is C16H16F5NO2. The van der Waals surface area contributed by atoms with Gasteiger partial charge in [-0.3, -0.25) is 0 Å². The third-order valence-electron chi connectivity index (χ3n) is 3.39. The minimum Gasteiger partial charge on any atom is -0.472 e. The molecule has 2 unspecified atom stereocenters. The average Bonchev–Trinajstić information content (AvgIpc) is 2.54. The molecule has 0 saturated heterocycles. The number of aliphatic hydroxyl groups is 1. The van der Waals surface area contributed by atoms with Gasteiger partial charge in [-0.2, -0.15) is 17.6 Å². The number of alkyl halides is 5. The highest BCUT2D eigenvalue weighted by Crippen LogP contribution is 2.34. The van der Waals surface area contributed by atoms with Crippen molar-refractivity contribution < 1.29 is 31.8 Å². The van der Waals surface area contributed by atoms with Gasteiger partial charge in [-0.1, -0.05) is 36.4 Å². The molecule has 0 spiro atoms. The zero-order valence-corrected chi connectivity index (χ0v) is 12.6. The van der Waals surface area contributed by atoms with Crippen molar-refractivity contribution in [3.8, 4) is 5.75 Å². The molecule has 3 nitrogen and oxygen atoms in total. The van der Waals surface area contributed by atoms with Crippen molar-refractivity contribution >= 4 is 10.8 Å². The summed E-state index contributed by atoms with van der Waals surface area (Å²) in [5.41, 5.74) is 0. The topological polar surface area (TPSA) is 41.5 Å². The van der Waals surface area contributed by atoms with Crippen LogP contribution in [0, 0.1) is 0 Å². The molecule has 2 N–H and O–H groups in total. The van der Waals surface area contributed by atoms with E-state index in [2.05, 4.69) is 0 Å². The zero-order chi connectivity index (χ0) is 18.0. The number of nitrogens with one attached hydrogen (secondary N) is 1. The van der Waals surface area contributed by atoms with Crippen LogP contribution in [0.1, 0.15) is 6.92 Å². The lowest BCUT2D eigenvalue weighted by Crippen LogP contribution is -2.60. The molecule has 0 amide bonds. The molecule has 2 aromatic rings. The number of hydrogen-bond donors (Lipinski definition) is 2. The van der Waals surface area contributed by atoms with Crippen LogP contribution >= 0.6 is 0 Å². The Bertz CT molecular complexity index is 688. The highest BCUT2D eigenvalue weighted by molar-refractivity contribution is 5.88. The van der Waals surface area contributed by atoms with Crippen LogP contribution in [0.15, 0.2) is 42.5 Å². The van der Waals surface area contributed by atoms with Crippen molar-refractivity contribution in [3.05, 3.63) is 42.5 Å². The summed E-state index contributed by atoms with van der Waals surface area (Å²) >= 11 is 0. The first-order valence-electron chi connectivity index (χ1n) is 7.10. The van der Waals surface area contributed by atoms with E-state index < -0.39 is 31.0 Å². The normalized spacial score (nSPS) is 15.3. The van der Waals surface area contributed by atoms with Gasteiger partial charge in [-0.15, -0.1) is 0 Å². The fourth-order valence-corrected chi connectivity index (χ4v) is 2.05. The molecule has 132 valence electrons. The molecule has 0 saturated carbocycles. The molecule has 2 rings (SSSR count). The molecule has 24 heavy (non-hydrogen) atoms. The zero-order valence-electron chi connectivity index (χ0n) is 12.6. The summed E-state index contributed by atoms with van der Waals surface area (Å²) in [5.74, 6) is -4.81. The predicted octanol–water partition coefficient (Wildman–Crippen LogP) is 3.71. The number of rotatable bonds is 7. The van der Waals surface area contributed by atoms with Gasteiger partial charge in [0.2, 0.25) is 0 Å². The summed E-state index contributed by atoms with van der Waals surface area (Å²) in [7, 11) is 0. The number of ether oxygens (including phenoxy) is 1. The first-order chi connectivity index (χ1) is 11.2. The quantitative estimate of drug-likeness (QED) is 0.455. The molecule has 0 aliphatic carbocycles. The molecule has 0 radical (unpaired) electrons. The Kier molecular flexibility index (Phi) is 5.29. The number of halogens is 5. The number of hydrogen-bond acceptors (Lipinski definition) is 3. The molecule has 0 aliphatic rings. The molecule has 8 heteroatoms. The van der Waals surface area contributed by atoms with Crippen molar-refractivity contribution in [1.29, 1.82) is 0 Å². The minimum absolute atomic E-state index is 0.117. The summed E-state index contributed by atoms with van der Waals surface area (Å²) in [5, 5.41) is 12.1. The van der Waals surface area contributed by atoms with Crippen LogP contribution in [0.4, 0.5) is 22.0 Å². The van der Waals surface area contributed by atoms with Crippen molar-refractivity contribution in [2.24, 2.45) is 0 Å². The maximum atomic E-state index is 13.5. The van der Waals surface area contributed by atoms with Crippen LogP contribution in [-0.2, 0) is 0 Å². The van der Waals surface area contributed by atoms with Gasteiger partial charge in [0, 0.05) is 5.39 Å². The Morgan fingerprint density at radius 1 is 1.08 bits per heavy atom. The molecule has 0 aliphatic heterocycles. The summed E-state index contributed by atoms with van der Waals surface area (Å²) in [4.78, 5) is 0. The van der Waals surface area contributed by atoms with E-state index in [0.29, 0.717) is 5.39 Å². The van der Waals surface area contributed by atoms with E-state index in [9.17, 15) is 27.1 Å². The minimum atomic E-state index is -4.93. The van der Waals surface area contributed by atoms with E-state index in [-0.39, 0.29) is 5.75 Å². The fraction of sp³-hybridized carbons (Fsp3) is 0.375. The van der Waals surface area contributed by atoms with Crippen molar-refractivity contribution in [3.63, 3.8) is 0 Å². The first-order valence-corrected chi connectivity index (χ1v) is 7.10. The van der Waals surface area contributed by atoms with Crippen LogP contribution in [-0.4, -0.2) is 36.1 Å². The Hall–Kier alpha value is -1.93. The first kappa shape index (κ1) is 18.4. The van der Waals surface area contributed by atoms with Crippen LogP contribution < -0.4 is 10.1 Å². The van der Waals surface area contributed by atoms with E-state index in [0.717, 1.165) is 12.3 Å². The molecular weight excluding hydrogens is 333 g/mol. The SMILES string of the molecule is CC(O)C(NC(F)(F)C(F)(F)CF)Oc1cccc2ccccc12. The average molecular weight is 349 g/mol. The molecule has 2 atom stereocenters. The van der Waals surface area contributed by atoms with Gasteiger partial charge in [0.05, 0.1) is 0 Å². The van der Waals surface area contributed by atoms with Crippen molar-refractivity contribution in [1.82, 2.24) is 5.32 Å². The number of benzene rings is 2. The van der Waals surface area contributed by atoms with Crippen LogP contribution in [0.25, 0.3) is 10.8 Å². The van der Waals surface area contributed by atoms with E-state index in [1.54, 1.807) is 36.4 Å². The van der Waals surface area contributed by atoms with Crippen LogP contribution in [0.2, 0.25) is 0 Å². The molecule has 0 fully saturated rings. The molecule has 0 bridgehead atoms. The highest BCUT2D eigenvalue weighted by atomic mass is 19.3. The molecule has 2 aromatic carbocycles. The summed E-state index contributed by atoms with van der Waals surface area (Å²) < 4.78 is 70.6. The second kappa shape index (κ2) is 6.90. The maximum absolute atomic E-state index is 13.5. The van der Waals surface area contributed by atoms with Gasteiger partial charge in [-0.05, 0) is 18.4 Å². The molecule has 0 heterocycles. The lowest BCUT2D eigenvalue weighted by molar-refractivity contribution is -0.248. The number of fused-ring (bicyclic) bond motifs is 1. The Morgan fingerprint density at radius 3 is 2.33 bits per heavy atom. The summed E-state index contributed by atoms with van der Waals surface area (Å²) in [6.45, 7) is -1.46. The second-order valence-corrected chi connectivity index (χ2v) is 5.31.